The summed E-state index contributed by atoms with van der Waals surface area (Å²) in [6, 6.07) is 20.8. The number of fused-ring (bicyclic) bond motifs is 1. The predicted octanol–water partition coefficient (Wildman–Crippen LogP) is 3.84. The lowest BCUT2D eigenvalue weighted by atomic mass is 9.99. The van der Waals surface area contributed by atoms with E-state index in [1.165, 1.54) is 18.1 Å². The first-order chi connectivity index (χ1) is 15.5. The minimum atomic E-state index is -0.186. The monoisotopic (exact) mass is 429 g/mol. The number of nitrogens with one attached hydrogen (secondary N) is 2. The second-order valence-corrected chi connectivity index (χ2v) is 8.08. The van der Waals surface area contributed by atoms with E-state index in [-0.39, 0.29) is 17.6 Å². The molecule has 0 unspecified atom stereocenters. The molecular formula is C26H27N3O3. The number of para-hydroxylation sites is 1. The van der Waals surface area contributed by atoms with Gasteiger partial charge in [0.2, 0.25) is 5.91 Å². The molecule has 164 valence electrons. The molecule has 32 heavy (non-hydrogen) atoms. The molecule has 4 rings (SSSR count). The molecule has 0 saturated carbocycles. The molecular weight excluding hydrogens is 402 g/mol. The number of phenolic OH excluding ortho intramolecular Hbond substituents is 1. The van der Waals surface area contributed by atoms with Crippen LogP contribution >= 0.6 is 0 Å². The lowest BCUT2D eigenvalue weighted by Gasteiger charge is -2.29. The van der Waals surface area contributed by atoms with Crippen LogP contribution in [0.25, 0.3) is 0 Å². The molecule has 0 aliphatic carbocycles. The normalized spacial score (nSPS) is 12.8. The minimum Gasteiger partial charge on any atom is -0.508 e. The summed E-state index contributed by atoms with van der Waals surface area (Å²) in [5.41, 5.74) is 5.30. The van der Waals surface area contributed by atoms with Crippen LogP contribution < -0.4 is 10.6 Å². The van der Waals surface area contributed by atoms with Crippen LogP contribution in [-0.4, -0.2) is 28.4 Å². The van der Waals surface area contributed by atoms with E-state index in [4.69, 9.17) is 0 Å². The van der Waals surface area contributed by atoms with Crippen molar-refractivity contribution in [3.63, 3.8) is 0 Å². The summed E-state index contributed by atoms with van der Waals surface area (Å²) < 4.78 is 0. The second-order valence-electron chi connectivity index (χ2n) is 8.08. The predicted molar refractivity (Wildman–Crippen MR) is 124 cm³/mol. The van der Waals surface area contributed by atoms with Gasteiger partial charge in [0.05, 0.1) is 0 Å². The summed E-state index contributed by atoms with van der Waals surface area (Å²) in [6.45, 7) is 3.68. The molecule has 0 saturated heterocycles. The Morgan fingerprint density at radius 1 is 0.969 bits per heavy atom. The van der Waals surface area contributed by atoms with Crippen LogP contribution in [0.4, 0.5) is 5.69 Å². The largest absolute Gasteiger partial charge is 0.508 e. The lowest BCUT2D eigenvalue weighted by Crippen LogP contribution is -2.36. The first-order valence-corrected chi connectivity index (χ1v) is 10.7. The third kappa shape index (κ3) is 5.15. The molecule has 0 spiro atoms. The van der Waals surface area contributed by atoms with Crippen LogP contribution in [0.5, 0.6) is 5.75 Å². The number of carbonyl (C=O) groups excluding carboxylic acids is 2. The van der Waals surface area contributed by atoms with Gasteiger partial charge >= 0.3 is 0 Å². The third-order valence-corrected chi connectivity index (χ3v) is 5.61. The Hall–Kier alpha value is -3.64. The molecule has 3 aromatic carbocycles. The zero-order valence-corrected chi connectivity index (χ0v) is 18.1. The maximum Gasteiger partial charge on any atom is 0.254 e. The van der Waals surface area contributed by atoms with Gasteiger partial charge in [0, 0.05) is 49.9 Å². The van der Waals surface area contributed by atoms with Crippen molar-refractivity contribution in [3.05, 3.63) is 94.5 Å². The Labute approximate surface area is 187 Å². The zero-order valence-electron chi connectivity index (χ0n) is 18.1. The SMILES string of the molecule is CC(=O)Nc1cc(CNCc2ccccc2O)cc(C(=O)N2CCc3ccccc3C2)c1. The summed E-state index contributed by atoms with van der Waals surface area (Å²) in [5, 5.41) is 16.0. The van der Waals surface area contributed by atoms with Gasteiger partial charge in [-0.2, -0.15) is 0 Å². The third-order valence-electron chi connectivity index (χ3n) is 5.61. The molecule has 0 radical (unpaired) electrons. The molecule has 3 N–H and O–H groups in total. The van der Waals surface area contributed by atoms with Crippen LogP contribution in [0.1, 0.15) is 39.5 Å². The topological polar surface area (TPSA) is 81.7 Å². The Kier molecular flexibility index (Phi) is 6.52. The molecule has 0 atom stereocenters. The lowest BCUT2D eigenvalue weighted by molar-refractivity contribution is -0.114. The molecule has 6 heteroatoms. The van der Waals surface area contributed by atoms with Crippen molar-refractivity contribution in [2.75, 3.05) is 11.9 Å². The first kappa shape index (κ1) is 21.6. The van der Waals surface area contributed by atoms with E-state index < -0.39 is 0 Å². The van der Waals surface area contributed by atoms with Gasteiger partial charge in [-0.15, -0.1) is 0 Å². The number of anilines is 1. The molecule has 0 aromatic heterocycles. The van der Waals surface area contributed by atoms with Crippen LogP contribution in [-0.2, 0) is 30.8 Å². The summed E-state index contributed by atoms with van der Waals surface area (Å²) in [5.74, 6) is 0.0107. The van der Waals surface area contributed by atoms with Gasteiger partial charge in [0.1, 0.15) is 5.75 Å². The number of nitrogens with zero attached hydrogens (tertiary/aromatic N) is 1. The Morgan fingerprint density at radius 3 is 2.50 bits per heavy atom. The average molecular weight is 430 g/mol. The number of hydrogen-bond donors (Lipinski definition) is 3. The van der Waals surface area contributed by atoms with Gasteiger partial charge in [-0.25, -0.2) is 0 Å². The van der Waals surface area contributed by atoms with Crippen molar-refractivity contribution in [1.29, 1.82) is 0 Å². The van der Waals surface area contributed by atoms with Gasteiger partial charge in [-0.3, -0.25) is 9.59 Å². The number of amides is 2. The Balaban J connectivity index is 1.51. The molecule has 1 heterocycles. The van der Waals surface area contributed by atoms with E-state index in [1.54, 1.807) is 18.2 Å². The van der Waals surface area contributed by atoms with Gasteiger partial charge in [0.25, 0.3) is 5.91 Å². The minimum absolute atomic E-state index is 0.0475. The number of phenols is 1. The summed E-state index contributed by atoms with van der Waals surface area (Å²) in [6.07, 6.45) is 0.836. The standard InChI is InChI=1S/C26H27N3O3/c1-18(30)28-24-13-19(15-27-16-21-7-4-5-9-25(21)31)12-23(14-24)26(32)29-11-10-20-6-2-3-8-22(20)17-29/h2-9,12-14,27,31H,10-11,15-17H2,1H3,(H,28,30). The molecule has 1 aliphatic heterocycles. The van der Waals surface area contributed by atoms with Gasteiger partial charge < -0.3 is 20.6 Å². The van der Waals surface area contributed by atoms with E-state index in [1.807, 2.05) is 41.3 Å². The van der Waals surface area contributed by atoms with Crippen LogP contribution in [0.3, 0.4) is 0 Å². The fourth-order valence-electron chi connectivity index (χ4n) is 4.05. The fourth-order valence-corrected chi connectivity index (χ4v) is 4.05. The number of carbonyl (C=O) groups is 2. The van der Waals surface area contributed by atoms with Crippen molar-refractivity contribution in [3.8, 4) is 5.75 Å². The van der Waals surface area contributed by atoms with Gasteiger partial charge in [-0.05, 0) is 47.4 Å². The molecule has 6 nitrogen and oxygen atoms in total. The maximum absolute atomic E-state index is 13.3. The van der Waals surface area contributed by atoms with Crippen LogP contribution in [0.15, 0.2) is 66.7 Å². The summed E-state index contributed by atoms with van der Waals surface area (Å²) in [4.78, 5) is 26.8. The average Bonchev–Trinajstić information content (AvgIpc) is 2.79. The van der Waals surface area contributed by atoms with Crippen molar-refractivity contribution < 1.29 is 14.7 Å². The van der Waals surface area contributed by atoms with E-state index in [0.29, 0.717) is 37.4 Å². The summed E-state index contributed by atoms with van der Waals surface area (Å²) in [7, 11) is 0. The van der Waals surface area contributed by atoms with E-state index in [9.17, 15) is 14.7 Å². The molecule has 1 aliphatic rings. The van der Waals surface area contributed by atoms with Gasteiger partial charge in [-0.1, -0.05) is 42.5 Å². The van der Waals surface area contributed by atoms with Gasteiger partial charge in [0.15, 0.2) is 0 Å². The van der Waals surface area contributed by atoms with Crippen molar-refractivity contribution >= 4 is 17.5 Å². The van der Waals surface area contributed by atoms with Crippen LogP contribution in [0, 0.1) is 0 Å². The smallest absolute Gasteiger partial charge is 0.254 e. The fraction of sp³-hybridized carbons (Fsp3) is 0.231. The second kappa shape index (κ2) is 9.66. The molecule has 0 bridgehead atoms. The number of rotatable bonds is 6. The van der Waals surface area contributed by atoms with E-state index >= 15 is 0 Å². The molecule has 3 aromatic rings. The quantitative estimate of drug-likeness (QED) is 0.556. The molecule has 2 amide bonds. The molecule has 0 fully saturated rings. The number of aromatic hydroxyl groups is 1. The van der Waals surface area contributed by atoms with Crippen molar-refractivity contribution in [2.24, 2.45) is 0 Å². The highest BCUT2D eigenvalue weighted by atomic mass is 16.3. The zero-order chi connectivity index (χ0) is 22.5. The van der Waals surface area contributed by atoms with Crippen LogP contribution in [0.2, 0.25) is 0 Å². The highest BCUT2D eigenvalue weighted by molar-refractivity contribution is 5.97. The Morgan fingerprint density at radius 2 is 1.72 bits per heavy atom. The maximum atomic E-state index is 13.3. The van der Waals surface area contributed by atoms with Crippen molar-refractivity contribution in [1.82, 2.24) is 10.2 Å². The highest BCUT2D eigenvalue weighted by Crippen LogP contribution is 2.23. The number of benzene rings is 3. The van der Waals surface area contributed by atoms with Crippen molar-refractivity contribution in [2.45, 2.75) is 33.0 Å². The first-order valence-electron chi connectivity index (χ1n) is 10.7. The summed E-state index contributed by atoms with van der Waals surface area (Å²) >= 11 is 0. The van der Waals surface area contributed by atoms with E-state index in [0.717, 1.165) is 17.5 Å². The van der Waals surface area contributed by atoms with E-state index in [2.05, 4.69) is 22.8 Å². The highest BCUT2D eigenvalue weighted by Gasteiger charge is 2.22. The number of hydrogen-bond acceptors (Lipinski definition) is 4. The Bertz CT molecular complexity index is 1140.